The summed E-state index contributed by atoms with van der Waals surface area (Å²) in [5.74, 6) is -0.129. The highest BCUT2D eigenvalue weighted by Gasteiger charge is 2.35. The molecule has 0 spiro atoms. The summed E-state index contributed by atoms with van der Waals surface area (Å²) in [7, 11) is 0. The van der Waals surface area contributed by atoms with Crippen molar-refractivity contribution in [3.63, 3.8) is 0 Å². The van der Waals surface area contributed by atoms with Crippen LogP contribution in [0.15, 0.2) is 63.2 Å². The van der Waals surface area contributed by atoms with Crippen LogP contribution in [0, 0.1) is 0 Å². The Kier molecular flexibility index (Phi) is 13.9. The Morgan fingerprint density at radius 3 is 2.33 bits per heavy atom. The van der Waals surface area contributed by atoms with Crippen LogP contribution < -0.4 is 5.32 Å². The van der Waals surface area contributed by atoms with Crippen LogP contribution in [0.1, 0.15) is 105 Å². The molecule has 1 unspecified atom stereocenters. The van der Waals surface area contributed by atoms with Crippen molar-refractivity contribution in [1.82, 2.24) is 0 Å². The van der Waals surface area contributed by atoms with E-state index in [1.807, 2.05) is 64.1 Å². The molecule has 8 heteroatoms. The van der Waals surface area contributed by atoms with Crippen LogP contribution in [0.2, 0.25) is 0 Å². The van der Waals surface area contributed by atoms with Gasteiger partial charge in [0.25, 0.3) is 5.91 Å². The number of nitrogens with zero attached hydrogens (tertiary/aromatic N) is 2. The maximum Gasteiger partial charge on any atom is 0.442 e. The van der Waals surface area contributed by atoms with Crippen LogP contribution in [-0.4, -0.2) is 28.1 Å². The first kappa shape index (κ1) is 33.6. The van der Waals surface area contributed by atoms with Crippen molar-refractivity contribution in [3.05, 3.63) is 58.8 Å². The van der Waals surface area contributed by atoms with E-state index in [2.05, 4.69) is 19.2 Å². The van der Waals surface area contributed by atoms with Crippen molar-refractivity contribution >= 4 is 40.5 Å². The van der Waals surface area contributed by atoms with Gasteiger partial charge < -0.3 is 5.32 Å². The fourth-order valence-electron chi connectivity index (χ4n) is 4.77. The van der Waals surface area contributed by atoms with Gasteiger partial charge in [0.1, 0.15) is 0 Å². The standard InChI is InChI=1S/C32H44F3N3OS/c1-7-12-22(6)36-28(11-5)27(13-8-2)31(39)37-25-17-15-24(16-18-25)29(14-9-3)38-30-20-19-26(21-23(30)10-4)40-32(33,34)35/h10,14-18,26H,7-9,11-13,19-21H2,1-6H3,(H,37,39)/b23-10-,28-27+,29-14+,36-22?,38-30-. The number of carbonyl (C=O) groups excluding carboxylic acids is 1. The number of benzene rings is 1. The Hall–Kier alpha value is -2.61. The summed E-state index contributed by atoms with van der Waals surface area (Å²) in [5, 5.41) is 2.56. The lowest BCUT2D eigenvalue weighted by Gasteiger charge is -2.26. The zero-order valence-electron chi connectivity index (χ0n) is 24.8. The van der Waals surface area contributed by atoms with Gasteiger partial charge in [-0.15, -0.1) is 0 Å². The lowest BCUT2D eigenvalue weighted by atomic mass is 9.92. The van der Waals surface area contributed by atoms with E-state index in [1.54, 1.807) is 0 Å². The smallest absolute Gasteiger partial charge is 0.322 e. The summed E-state index contributed by atoms with van der Waals surface area (Å²) >= 11 is 0.0882. The van der Waals surface area contributed by atoms with Gasteiger partial charge >= 0.3 is 5.51 Å². The zero-order valence-corrected chi connectivity index (χ0v) is 25.6. The van der Waals surface area contributed by atoms with E-state index >= 15 is 0 Å². The average molecular weight is 576 g/mol. The minimum atomic E-state index is -4.23. The summed E-state index contributed by atoms with van der Waals surface area (Å²) in [6.07, 6.45) is 10.1. The molecule has 1 aliphatic rings. The molecule has 1 aliphatic carbocycles. The summed E-state index contributed by atoms with van der Waals surface area (Å²) in [4.78, 5) is 22.9. The third-order valence-corrected chi connectivity index (χ3v) is 7.66. The molecule has 0 bridgehead atoms. The highest BCUT2D eigenvalue weighted by Crippen LogP contribution is 2.41. The quantitative estimate of drug-likeness (QED) is 0.199. The molecule has 0 saturated heterocycles. The third-order valence-electron chi connectivity index (χ3n) is 6.66. The molecule has 1 aromatic rings. The van der Waals surface area contributed by atoms with Gasteiger partial charge in [0.05, 0.1) is 5.70 Å². The SMILES string of the molecule is C/C=C1/CC(SC(F)(F)F)CC/C1=N/C(=C/CC)c1ccc(NC(=O)/C(CCC)=C(\CC)N=C(C)CCC)cc1. The van der Waals surface area contributed by atoms with Crippen molar-refractivity contribution in [2.75, 3.05) is 5.32 Å². The first-order valence-corrected chi connectivity index (χ1v) is 15.3. The van der Waals surface area contributed by atoms with Crippen molar-refractivity contribution in [3.8, 4) is 0 Å². The average Bonchev–Trinajstić information content (AvgIpc) is 2.90. The van der Waals surface area contributed by atoms with Gasteiger partial charge in [-0.1, -0.05) is 64.8 Å². The molecule has 4 nitrogen and oxygen atoms in total. The number of amides is 1. The molecule has 220 valence electrons. The summed E-state index contributed by atoms with van der Waals surface area (Å²) in [6.45, 7) is 12.1. The van der Waals surface area contributed by atoms with Crippen LogP contribution in [0.4, 0.5) is 18.9 Å². The predicted molar refractivity (Wildman–Crippen MR) is 166 cm³/mol. The molecular formula is C32H44F3N3OS. The van der Waals surface area contributed by atoms with Crippen molar-refractivity contribution in [2.24, 2.45) is 9.98 Å². The minimum Gasteiger partial charge on any atom is -0.322 e. The number of alkyl halides is 3. The van der Waals surface area contributed by atoms with Gasteiger partial charge in [0.2, 0.25) is 0 Å². The molecule has 1 fully saturated rings. The molecule has 2 rings (SSSR count). The number of allylic oxidation sites excluding steroid dienone is 4. The molecule has 0 radical (unpaired) electrons. The van der Waals surface area contributed by atoms with Gasteiger partial charge in [-0.2, -0.15) is 13.2 Å². The predicted octanol–water partition coefficient (Wildman–Crippen LogP) is 10.3. The molecule has 1 saturated carbocycles. The van der Waals surface area contributed by atoms with Gasteiger partial charge in [-0.05, 0) is 93.8 Å². The maximum atomic E-state index is 13.3. The van der Waals surface area contributed by atoms with E-state index in [-0.39, 0.29) is 17.7 Å². The Morgan fingerprint density at radius 2 is 1.77 bits per heavy atom. The molecule has 1 N–H and O–H groups in total. The van der Waals surface area contributed by atoms with Crippen LogP contribution in [0.25, 0.3) is 5.70 Å². The summed E-state index contributed by atoms with van der Waals surface area (Å²) in [5.41, 5.74) is 2.47. The monoisotopic (exact) mass is 575 g/mol. The molecule has 40 heavy (non-hydrogen) atoms. The second kappa shape index (κ2) is 16.6. The molecule has 1 atom stereocenters. The van der Waals surface area contributed by atoms with E-state index < -0.39 is 10.8 Å². The second-order valence-corrected chi connectivity index (χ2v) is 11.3. The zero-order chi connectivity index (χ0) is 29.7. The maximum absolute atomic E-state index is 13.3. The van der Waals surface area contributed by atoms with Crippen molar-refractivity contribution in [1.29, 1.82) is 0 Å². The Bertz CT molecular complexity index is 1140. The van der Waals surface area contributed by atoms with Crippen LogP contribution in [-0.2, 0) is 4.79 Å². The van der Waals surface area contributed by atoms with Gasteiger partial charge in [-0.3, -0.25) is 14.8 Å². The number of hydrogen-bond donors (Lipinski definition) is 1. The number of rotatable bonds is 12. The van der Waals surface area contributed by atoms with Gasteiger partial charge in [0, 0.05) is 33.6 Å². The van der Waals surface area contributed by atoms with Crippen molar-refractivity contribution in [2.45, 2.75) is 110 Å². The largest absolute Gasteiger partial charge is 0.442 e. The first-order valence-electron chi connectivity index (χ1n) is 14.4. The lowest BCUT2D eigenvalue weighted by Crippen LogP contribution is -2.22. The molecule has 0 heterocycles. The molecule has 1 aromatic carbocycles. The molecule has 0 aliphatic heterocycles. The normalized spacial score (nSPS) is 19.7. The van der Waals surface area contributed by atoms with Gasteiger partial charge in [-0.25, -0.2) is 0 Å². The fourth-order valence-corrected chi connectivity index (χ4v) is 5.65. The van der Waals surface area contributed by atoms with E-state index in [4.69, 9.17) is 9.98 Å². The Labute approximate surface area is 242 Å². The Balaban J connectivity index is 2.25. The van der Waals surface area contributed by atoms with Crippen LogP contribution >= 0.6 is 11.8 Å². The third kappa shape index (κ3) is 10.8. The highest BCUT2D eigenvalue weighted by molar-refractivity contribution is 8.00. The van der Waals surface area contributed by atoms with E-state index in [0.29, 0.717) is 37.8 Å². The summed E-state index contributed by atoms with van der Waals surface area (Å²) in [6, 6.07) is 7.58. The highest BCUT2D eigenvalue weighted by atomic mass is 32.2. The fraction of sp³-hybridized carbons (Fsp3) is 0.531. The van der Waals surface area contributed by atoms with Crippen LogP contribution in [0.3, 0.4) is 0 Å². The van der Waals surface area contributed by atoms with Crippen LogP contribution in [0.5, 0.6) is 0 Å². The number of halogens is 3. The lowest BCUT2D eigenvalue weighted by molar-refractivity contribution is -0.113. The number of aliphatic imine (C=N–C) groups is 2. The number of nitrogens with one attached hydrogen (secondary N) is 1. The number of thioether (sulfide) groups is 1. The number of hydrogen-bond acceptors (Lipinski definition) is 4. The summed E-state index contributed by atoms with van der Waals surface area (Å²) < 4.78 is 38.7. The van der Waals surface area contributed by atoms with E-state index in [0.717, 1.165) is 65.2 Å². The second-order valence-electron chi connectivity index (χ2n) is 9.96. The van der Waals surface area contributed by atoms with Crippen molar-refractivity contribution < 1.29 is 18.0 Å². The molecule has 0 aromatic heterocycles. The molecular weight excluding hydrogens is 531 g/mol. The van der Waals surface area contributed by atoms with Gasteiger partial charge in [0.15, 0.2) is 0 Å². The Morgan fingerprint density at radius 1 is 1.10 bits per heavy atom. The number of carbonyl (C=O) groups is 1. The first-order chi connectivity index (χ1) is 19.0. The minimum absolute atomic E-state index is 0.0882. The molecule has 1 amide bonds. The van der Waals surface area contributed by atoms with E-state index in [1.165, 1.54) is 0 Å². The van der Waals surface area contributed by atoms with E-state index in [9.17, 15) is 18.0 Å². The number of anilines is 1. The topological polar surface area (TPSA) is 53.8 Å².